The Bertz CT molecular complexity index is 7530. The van der Waals surface area contributed by atoms with E-state index in [-0.39, 0.29) is 0 Å². The predicted octanol–water partition coefficient (Wildman–Crippen LogP) is 25.7. The van der Waals surface area contributed by atoms with Gasteiger partial charge in [0.1, 0.15) is 33.5 Å². The first-order valence-electron chi connectivity index (χ1n) is 38.6. The Hall–Kier alpha value is -16.2. The van der Waals surface area contributed by atoms with Gasteiger partial charge in [-0.05, 0) is 94.0 Å². The van der Waals surface area contributed by atoms with Crippen LogP contribution in [0.5, 0.6) is 0 Å². The minimum atomic E-state index is 0.480. The Labute approximate surface area is 669 Å². The summed E-state index contributed by atoms with van der Waals surface area (Å²) in [6.45, 7) is 0. The van der Waals surface area contributed by atoms with E-state index in [1.54, 1.807) is 0 Å². The smallest absolute Gasteiger partial charge is 0.167 e. The lowest BCUT2D eigenvalue weighted by atomic mass is 9.95. The molecule has 0 radical (unpaired) electrons. The number of furan rings is 3. The van der Waals surface area contributed by atoms with Crippen LogP contribution in [0.3, 0.4) is 0 Å². The number of fused-ring (bicyclic) bond motifs is 9. The molecule has 7 aromatic heterocycles. The van der Waals surface area contributed by atoms with E-state index >= 15 is 0 Å². The number of hydrogen-bond acceptors (Lipinski definition) is 14. The molecule has 0 saturated heterocycles. The predicted molar refractivity (Wildman–Crippen MR) is 466 cm³/mol. The number of nitrogens with zero attached hydrogens (tertiary/aromatic N) is 11. The molecule has 14 nitrogen and oxygen atoms in total. The third-order valence-corrected chi connectivity index (χ3v) is 21.5. The van der Waals surface area contributed by atoms with E-state index in [1.165, 1.54) is 0 Å². The molecule has 0 aliphatic heterocycles. The summed E-state index contributed by atoms with van der Waals surface area (Å²) in [6.07, 6.45) is 0. The Morgan fingerprint density at radius 1 is 0.145 bits per heavy atom. The van der Waals surface area contributed by atoms with Crippen molar-refractivity contribution in [3.8, 4) is 170 Å². The van der Waals surface area contributed by atoms with Gasteiger partial charge >= 0.3 is 0 Å². The fourth-order valence-electron chi connectivity index (χ4n) is 15.7. The van der Waals surface area contributed by atoms with Gasteiger partial charge in [-0.25, -0.2) is 54.8 Å². The SMILES string of the molecule is c1ccc(-c2cc(-c3ccccc3)nc(-c3cc4oc5ccccc5c4cc3-c3ccc(-c4nc(-c5ccccc5)nc(-c5cccc(-c6ccc(-c7nc(-c8ccccc8)nc(-c8ccc(-c9cc(-c%10nc(-c%11ccccc%11)nc(-c%11cccc%12c%11oc%11ccccc%11%12)n%10)cc%10oc%11ccccc%11c9%10)cc8)n7)cc6)c5)n4)cc3)n2)cc1. The van der Waals surface area contributed by atoms with Gasteiger partial charge in [0, 0.05) is 93.5 Å². The van der Waals surface area contributed by atoms with Crippen molar-refractivity contribution in [1.82, 2.24) is 54.8 Å². The molecule has 117 heavy (non-hydrogen) atoms. The summed E-state index contributed by atoms with van der Waals surface area (Å²) in [5.41, 5.74) is 22.0. The molecule has 546 valence electrons. The highest BCUT2D eigenvalue weighted by atomic mass is 16.3. The summed E-state index contributed by atoms with van der Waals surface area (Å²) in [4.78, 5) is 57.4. The largest absolute Gasteiger partial charge is 0.456 e. The third-order valence-electron chi connectivity index (χ3n) is 21.5. The molecular weight excluding hydrogens is 1440 g/mol. The molecule has 0 spiro atoms. The molecule has 0 aliphatic rings. The van der Waals surface area contributed by atoms with E-state index in [0.717, 1.165) is 166 Å². The van der Waals surface area contributed by atoms with E-state index < -0.39 is 0 Å². The van der Waals surface area contributed by atoms with Gasteiger partial charge in [0.15, 0.2) is 58.2 Å². The average molecular weight is 1500 g/mol. The van der Waals surface area contributed by atoms with Crippen molar-refractivity contribution in [2.75, 3.05) is 0 Å². The number of hydrogen-bond donors (Lipinski definition) is 0. The van der Waals surface area contributed by atoms with Crippen LogP contribution in [-0.4, -0.2) is 54.8 Å². The second kappa shape index (κ2) is 28.5. The van der Waals surface area contributed by atoms with Crippen molar-refractivity contribution in [3.05, 3.63) is 370 Å². The van der Waals surface area contributed by atoms with E-state index in [2.05, 4.69) is 158 Å². The fourth-order valence-corrected chi connectivity index (χ4v) is 15.7. The molecule has 15 aromatic carbocycles. The lowest BCUT2D eigenvalue weighted by molar-refractivity contribution is 0.668. The van der Waals surface area contributed by atoms with Gasteiger partial charge in [-0.3, -0.25) is 0 Å². The van der Waals surface area contributed by atoms with Crippen molar-refractivity contribution >= 4 is 65.8 Å². The maximum Gasteiger partial charge on any atom is 0.167 e. The van der Waals surface area contributed by atoms with Gasteiger partial charge in [0.2, 0.25) is 0 Å². The zero-order valence-electron chi connectivity index (χ0n) is 62.4. The van der Waals surface area contributed by atoms with Gasteiger partial charge in [-0.2, -0.15) is 0 Å². The zero-order chi connectivity index (χ0) is 77.3. The van der Waals surface area contributed by atoms with Crippen LogP contribution in [0.2, 0.25) is 0 Å². The fraction of sp³-hybridized carbons (Fsp3) is 0. The monoisotopic (exact) mass is 1500 g/mol. The lowest BCUT2D eigenvalue weighted by Crippen LogP contribution is -2.01. The van der Waals surface area contributed by atoms with Crippen LogP contribution in [-0.2, 0) is 0 Å². The summed E-state index contributed by atoms with van der Waals surface area (Å²) in [7, 11) is 0. The normalized spacial score (nSPS) is 11.6. The summed E-state index contributed by atoms with van der Waals surface area (Å²) < 4.78 is 19.8. The van der Waals surface area contributed by atoms with Crippen molar-refractivity contribution < 1.29 is 13.3 Å². The Balaban J connectivity index is 0.593. The second-order valence-electron chi connectivity index (χ2n) is 28.8. The number of para-hydroxylation sites is 4. The molecule has 0 bridgehead atoms. The topological polar surface area (TPSA) is 181 Å². The van der Waals surface area contributed by atoms with Gasteiger partial charge in [-0.15, -0.1) is 0 Å². The highest BCUT2D eigenvalue weighted by Gasteiger charge is 2.25. The van der Waals surface area contributed by atoms with Crippen LogP contribution in [0.25, 0.3) is 236 Å². The van der Waals surface area contributed by atoms with E-state index in [9.17, 15) is 0 Å². The van der Waals surface area contributed by atoms with E-state index in [0.29, 0.717) is 69.4 Å². The Kier molecular flexibility index (Phi) is 16.5. The summed E-state index contributed by atoms with van der Waals surface area (Å²) >= 11 is 0. The van der Waals surface area contributed by atoms with Crippen LogP contribution in [0.4, 0.5) is 0 Å². The van der Waals surface area contributed by atoms with Crippen LogP contribution in [0.15, 0.2) is 383 Å². The minimum absolute atomic E-state index is 0.480. The summed E-state index contributed by atoms with van der Waals surface area (Å²) in [6, 6.07) is 125. The quantitative estimate of drug-likeness (QED) is 0.0945. The molecule has 7 heterocycles. The molecule has 0 unspecified atom stereocenters. The highest BCUT2D eigenvalue weighted by molar-refractivity contribution is 6.14. The molecule has 0 N–H and O–H groups in total. The number of aromatic nitrogens is 11. The van der Waals surface area contributed by atoms with Gasteiger partial charge < -0.3 is 13.3 Å². The molecule has 0 aliphatic carbocycles. The van der Waals surface area contributed by atoms with Crippen LogP contribution in [0, 0.1) is 0 Å². The molecule has 14 heteroatoms. The molecule has 22 rings (SSSR count). The highest BCUT2D eigenvalue weighted by Crippen LogP contribution is 2.45. The summed E-state index contributed by atoms with van der Waals surface area (Å²) in [5, 5.41) is 5.97. The first-order chi connectivity index (χ1) is 57.9. The van der Waals surface area contributed by atoms with Crippen molar-refractivity contribution in [1.29, 1.82) is 0 Å². The third kappa shape index (κ3) is 12.6. The van der Waals surface area contributed by atoms with E-state index in [4.69, 9.17) is 68.1 Å². The first kappa shape index (κ1) is 67.7. The second-order valence-corrected chi connectivity index (χ2v) is 28.8. The number of benzene rings is 15. The van der Waals surface area contributed by atoms with Gasteiger partial charge in [0.25, 0.3) is 0 Å². The molecule has 0 atom stereocenters. The Morgan fingerprint density at radius 3 is 1.02 bits per heavy atom. The average Bonchev–Trinajstić information content (AvgIpc) is 1.66. The maximum atomic E-state index is 6.72. The lowest BCUT2D eigenvalue weighted by Gasteiger charge is -2.14. The van der Waals surface area contributed by atoms with Crippen LogP contribution in [0.1, 0.15) is 0 Å². The van der Waals surface area contributed by atoms with E-state index in [1.807, 2.05) is 212 Å². The van der Waals surface area contributed by atoms with Crippen LogP contribution >= 0.6 is 0 Å². The molecule has 22 aromatic rings. The summed E-state index contributed by atoms with van der Waals surface area (Å²) in [5.74, 6) is 5.27. The zero-order valence-corrected chi connectivity index (χ0v) is 62.4. The molecule has 0 fully saturated rings. The standard InChI is InChI=1S/C103H61N11O3/c1-6-24-65(25-7-1)85-61-86(66-26-8-2-9-27-66)105-103(104-85)84-60-90-83(77-37-17-19-41-87(77)115-90)59-81(84)63-46-52-71(53-47-63)99-108-95(68-30-12-4-13-31-68)110-100(111-99)74-35-22-34-73(56-74)62-44-50-70(51-45-62)97-106-94(67-28-10-3-11-29-67)107-98(109-97)72-54-48-64(49-55-72)82-57-75(58-91-92(82)79-38-18-21-43-89(79)116-91)101-112-96(69-32-14-5-15-33-69)113-102(114-101)80-40-23-39-78-76-36-16-20-42-88(76)117-93(78)80/h1-61H. The van der Waals surface area contributed by atoms with Crippen molar-refractivity contribution in [3.63, 3.8) is 0 Å². The Morgan fingerprint density at radius 2 is 0.496 bits per heavy atom. The van der Waals surface area contributed by atoms with Gasteiger partial charge in [0.05, 0.1) is 17.0 Å². The number of rotatable bonds is 15. The minimum Gasteiger partial charge on any atom is -0.456 e. The molecular formula is C103H61N11O3. The van der Waals surface area contributed by atoms with Gasteiger partial charge in [-0.1, -0.05) is 309 Å². The van der Waals surface area contributed by atoms with Crippen LogP contribution < -0.4 is 0 Å². The maximum absolute atomic E-state index is 6.72. The molecule has 0 saturated carbocycles. The van der Waals surface area contributed by atoms with Crippen molar-refractivity contribution in [2.45, 2.75) is 0 Å². The first-order valence-corrected chi connectivity index (χ1v) is 38.6. The molecule has 0 amide bonds. The van der Waals surface area contributed by atoms with Crippen molar-refractivity contribution in [2.24, 2.45) is 0 Å².